The minimum atomic E-state index is -1.65. The highest BCUT2D eigenvalue weighted by Crippen LogP contribution is 2.34. The predicted octanol–water partition coefficient (Wildman–Crippen LogP) is -8.22. The zero-order valence-electron chi connectivity index (χ0n) is 28.9. The summed E-state index contributed by atoms with van der Waals surface area (Å²) in [5, 5.41) is 69.7. The Labute approximate surface area is 301 Å². The second-order valence-corrected chi connectivity index (χ2v) is 14.4. The first-order valence-electron chi connectivity index (χ1n) is 17.8. The zero-order chi connectivity index (χ0) is 37.9. The van der Waals surface area contributed by atoms with E-state index in [0.29, 0.717) is 12.5 Å². The molecule has 300 valence electrons. The summed E-state index contributed by atoms with van der Waals surface area (Å²) in [4.78, 5) is 12.6. The Hall–Kier alpha value is -1.55. The van der Waals surface area contributed by atoms with Crippen molar-refractivity contribution < 1.29 is 63.9 Å². The van der Waals surface area contributed by atoms with Gasteiger partial charge in [0.25, 0.3) is 0 Å². The molecule has 3 heterocycles. The van der Waals surface area contributed by atoms with E-state index in [9.17, 15) is 35.4 Å². The van der Waals surface area contributed by atoms with E-state index >= 15 is 0 Å². The van der Waals surface area contributed by atoms with Crippen LogP contribution in [0.15, 0.2) is 12.2 Å². The van der Waals surface area contributed by atoms with Crippen molar-refractivity contribution >= 4 is 5.91 Å². The van der Waals surface area contributed by atoms with Gasteiger partial charge in [-0.2, -0.15) is 0 Å². The fourth-order valence-electron chi connectivity index (χ4n) is 7.24. The lowest BCUT2D eigenvalue weighted by atomic mass is 9.81. The van der Waals surface area contributed by atoms with Crippen molar-refractivity contribution in [2.75, 3.05) is 32.8 Å². The lowest BCUT2D eigenvalue weighted by molar-refractivity contribution is -0.284. The summed E-state index contributed by atoms with van der Waals surface area (Å²) in [5.41, 5.74) is 36.0. The van der Waals surface area contributed by atoms with Gasteiger partial charge in [0.1, 0.15) is 61.0 Å². The van der Waals surface area contributed by atoms with Crippen molar-refractivity contribution in [2.24, 2.45) is 40.3 Å². The Bertz CT molecular complexity index is 1180. The van der Waals surface area contributed by atoms with E-state index < -0.39 is 123 Å². The Morgan fingerprint density at radius 1 is 0.788 bits per heavy atom. The molecule has 3 aliphatic heterocycles. The standard InChI is InChI=1S/C31H58N8O13/c32-6-17(41)28(46)39-16-5-15(36)25(50-29-14(35)2-1-13(47-29)9-38-8-11-3-12(34)4-11)27(21(16)42)52-31-24(45)26(19(10-40)49-31)51-30-20(37)23(44)22(43)18(7-33)48-30/h1-2,11-27,29-31,38,40-45H,3-10,32-37H2,(H,39,46)/t11?,12?,13-,14+,15-,16+,17-,18-,19+,20+,21-,22+,23+,24+,25+,26+,27+,29+,30+,31-/m0/s1. The van der Waals surface area contributed by atoms with Crippen molar-refractivity contribution in [1.82, 2.24) is 10.6 Å². The summed E-state index contributed by atoms with van der Waals surface area (Å²) >= 11 is 0. The second kappa shape index (κ2) is 18.4. The quantitative estimate of drug-likeness (QED) is 0.0691. The SMILES string of the molecule is NC[C@@H]1O[C@H](O[C@H]2[C@@H](O)[C@H](O[C@@H]3[C@@H](O)[C@H](NC(=O)[C@@H](O)CN)C[C@H](N)[C@H]3O[C@H]3O[C@H](CNCC4CC(N)C4)C=C[C@H]3N)O[C@@H]2CO)[C@H](N)[C@@H](O)[C@@H]1O. The topological polar surface area (TPSA) is 374 Å². The maximum absolute atomic E-state index is 12.6. The van der Waals surface area contributed by atoms with Gasteiger partial charge in [-0.25, -0.2) is 0 Å². The number of rotatable bonds is 15. The lowest BCUT2D eigenvalue weighted by Crippen LogP contribution is -2.67. The molecule has 0 aromatic carbocycles. The van der Waals surface area contributed by atoms with Crippen LogP contribution in [0, 0.1) is 5.92 Å². The minimum Gasteiger partial charge on any atom is -0.394 e. The molecule has 2 saturated heterocycles. The number of ether oxygens (including phenoxy) is 6. The summed E-state index contributed by atoms with van der Waals surface area (Å²) in [5.74, 6) is -0.356. The van der Waals surface area contributed by atoms with Crippen LogP contribution >= 0.6 is 0 Å². The van der Waals surface area contributed by atoms with E-state index in [1.54, 1.807) is 6.08 Å². The van der Waals surface area contributed by atoms with Crippen LogP contribution in [0.5, 0.6) is 0 Å². The highest BCUT2D eigenvalue weighted by atomic mass is 16.8. The van der Waals surface area contributed by atoms with Gasteiger partial charge in [0.05, 0.1) is 30.8 Å². The van der Waals surface area contributed by atoms with Crippen LogP contribution in [0.25, 0.3) is 0 Å². The summed E-state index contributed by atoms with van der Waals surface area (Å²) < 4.78 is 36.0. The maximum Gasteiger partial charge on any atom is 0.250 e. The maximum atomic E-state index is 12.6. The van der Waals surface area contributed by atoms with Gasteiger partial charge in [0.15, 0.2) is 18.9 Å². The van der Waals surface area contributed by atoms with Crippen molar-refractivity contribution in [3.63, 3.8) is 0 Å². The molecule has 21 nitrogen and oxygen atoms in total. The third-order valence-corrected chi connectivity index (χ3v) is 10.4. The smallest absolute Gasteiger partial charge is 0.250 e. The van der Waals surface area contributed by atoms with Crippen molar-refractivity contribution in [3.8, 4) is 0 Å². The molecule has 52 heavy (non-hydrogen) atoms. The predicted molar refractivity (Wildman–Crippen MR) is 179 cm³/mol. The molecular weight excluding hydrogens is 692 g/mol. The monoisotopic (exact) mass is 750 g/mol. The highest BCUT2D eigenvalue weighted by molar-refractivity contribution is 5.81. The number of aliphatic hydroxyl groups excluding tert-OH is 6. The number of carbonyl (C=O) groups is 1. The van der Waals surface area contributed by atoms with E-state index in [2.05, 4.69) is 10.6 Å². The summed E-state index contributed by atoms with van der Waals surface area (Å²) in [6, 6.07) is -3.77. The number of nitrogens with one attached hydrogen (secondary N) is 2. The molecule has 4 fully saturated rings. The van der Waals surface area contributed by atoms with Gasteiger partial charge in [-0.05, 0) is 31.7 Å². The molecule has 0 spiro atoms. The molecule has 2 aliphatic carbocycles. The van der Waals surface area contributed by atoms with Crippen LogP contribution in [0.1, 0.15) is 19.3 Å². The van der Waals surface area contributed by atoms with E-state index in [4.69, 9.17) is 62.8 Å². The molecule has 0 aromatic heterocycles. The fraction of sp³-hybridized carbons (Fsp3) is 0.903. The second-order valence-electron chi connectivity index (χ2n) is 14.4. The summed E-state index contributed by atoms with van der Waals surface area (Å²) in [6.45, 7) is 0.0235. The van der Waals surface area contributed by atoms with Crippen LogP contribution in [0.2, 0.25) is 0 Å². The van der Waals surface area contributed by atoms with Crippen molar-refractivity contribution in [3.05, 3.63) is 12.2 Å². The zero-order valence-corrected chi connectivity index (χ0v) is 28.9. The minimum absolute atomic E-state index is 0.0342. The van der Waals surface area contributed by atoms with Crippen molar-refractivity contribution in [2.45, 2.75) is 135 Å². The van der Waals surface area contributed by atoms with Crippen LogP contribution in [0.3, 0.4) is 0 Å². The first-order chi connectivity index (χ1) is 24.8. The van der Waals surface area contributed by atoms with Crippen molar-refractivity contribution in [1.29, 1.82) is 0 Å². The molecule has 2 saturated carbocycles. The third kappa shape index (κ3) is 9.45. The molecule has 0 unspecified atom stereocenters. The molecule has 21 heteroatoms. The van der Waals surface area contributed by atoms with Gasteiger partial charge in [-0.3, -0.25) is 4.79 Å². The third-order valence-electron chi connectivity index (χ3n) is 10.4. The molecule has 5 rings (SSSR count). The molecule has 1 amide bonds. The summed E-state index contributed by atoms with van der Waals surface area (Å²) in [6.07, 6.45) is -12.8. The molecule has 20 N–H and O–H groups in total. The average Bonchev–Trinajstić information content (AvgIpc) is 3.41. The number of amides is 1. The Morgan fingerprint density at radius 3 is 2.12 bits per heavy atom. The number of nitrogens with two attached hydrogens (primary N) is 6. The highest BCUT2D eigenvalue weighted by Gasteiger charge is 2.54. The Morgan fingerprint density at radius 2 is 1.46 bits per heavy atom. The normalized spacial score (nSPS) is 47.2. The largest absolute Gasteiger partial charge is 0.394 e. The van der Waals surface area contributed by atoms with E-state index in [1.807, 2.05) is 6.08 Å². The average molecular weight is 751 g/mol. The van der Waals surface area contributed by atoms with Gasteiger partial charge >= 0.3 is 0 Å². The number of hydrogen-bond donors (Lipinski definition) is 14. The first-order valence-corrected chi connectivity index (χ1v) is 17.8. The number of aliphatic hydroxyl groups is 6. The molecule has 18 atom stereocenters. The van der Waals surface area contributed by atoms with Crippen LogP contribution < -0.4 is 45.0 Å². The van der Waals surface area contributed by atoms with E-state index in [0.717, 1.165) is 19.4 Å². The van der Waals surface area contributed by atoms with Gasteiger partial charge in [-0.15, -0.1) is 0 Å². The van der Waals surface area contributed by atoms with Crippen LogP contribution in [-0.2, 0) is 33.2 Å². The van der Waals surface area contributed by atoms with E-state index in [-0.39, 0.29) is 25.6 Å². The van der Waals surface area contributed by atoms with Crippen LogP contribution in [-0.4, -0.2) is 186 Å². The molecule has 0 bridgehead atoms. The van der Waals surface area contributed by atoms with Gasteiger partial charge < -0.3 is 104 Å². The van der Waals surface area contributed by atoms with Gasteiger partial charge in [0, 0.05) is 31.7 Å². The van der Waals surface area contributed by atoms with Gasteiger partial charge in [-0.1, -0.05) is 12.2 Å². The molecule has 5 aliphatic rings. The lowest BCUT2D eigenvalue weighted by Gasteiger charge is -2.46. The van der Waals surface area contributed by atoms with E-state index in [1.165, 1.54) is 0 Å². The van der Waals surface area contributed by atoms with Crippen LogP contribution in [0.4, 0.5) is 0 Å². The molecule has 0 radical (unpaired) electrons. The summed E-state index contributed by atoms with van der Waals surface area (Å²) in [7, 11) is 0. The number of carbonyl (C=O) groups excluding carboxylic acids is 1. The Kier molecular flexibility index (Phi) is 14.7. The molecule has 0 aromatic rings. The molecular formula is C31H58N8O13. The fourth-order valence-corrected chi connectivity index (χ4v) is 7.24. The first kappa shape index (κ1) is 41.6. The number of hydrogen-bond acceptors (Lipinski definition) is 20. The van der Waals surface area contributed by atoms with Gasteiger partial charge in [0.2, 0.25) is 5.91 Å². The Balaban J connectivity index is 1.30.